The van der Waals surface area contributed by atoms with E-state index in [0.29, 0.717) is 0 Å². The number of nitrogens with zero attached hydrogens (tertiary/aromatic N) is 2. The molecule has 0 saturated carbocycles. The zero-order valence-corrected chi connectivity index (χ0v) is 10.6. The predicted octanol–water partition coefficient (Wildman–Crippen LogP) is 2.58. The van der Waals surface area contributed by atoms with E-state index in [1.807, 2.05) is 0 Å². The van der Waals surface area contributed by atoms with E-state index in [1.54, 1.807) is 0 Å². The van der Waals surface area contributed by atoms with E-state index in [2.05, 4.69) is 5.43 Å². The lowest BCUT2D eigenvalue weighted by Crippen LogP contribution is -2.09. The Balaban J connectivity index is 2.42. The molecule has 0 aliphatic heterocycles. The van der Waals surface area contributed by atoms with Crippen molar-refractivity contribution in [2.75, 3.05) is 5.43 Å². The van der Waals surface area contributed by atoms with Gasteiger partial charge in [-0.15, -0.1) is 0 Å². The van der Waals surface area contributed by atoms with Gasteiger partial charge in [0.25, 0.3) is 5.69 Å². The highest BCUT2D eigenvalue weighted by Gasteiger charge is 2.21. The molecule has 0 amide bonds. The number of nitrogen functional groups attached to an aromatic ring is 1. The first-order valence-electron chi connectivity index (χ1n) is 5.69. The van der Waals surface area contributed by atoms with Crippen molar-refractivity contribution in [2.24, 2.45) is 5.84 Å². The normalized spacial score (nSPS) is 9.95. The van der Waals surface area contributed by atoms with Crippen LogP contribution in [0, 0.1) is 20.2 Å². The summed E-state index contributed by atoms with van der Waals surface area (Å²) in [4.78, 5) is 20.5. The molecule has 2 rings (SSSR count). The third kappa shape index (κ3) is 3.04. The van der Waals surface area contributed by atoms with Crippen LogP contribution in [0.1, 0.15) is 0 Å². The van der Waals surface area contributed by atoms with Crippen molar-refractivity contribution in [3.8, 4) is 11.5 Å². The van der Waals surface area contributed by atoms with Gasteiger partial charge in [-0.1, -0.05) is 12.1 Å². The van der Waals surface area contributed by atoms with Crippen molar-refractivity contribution in [2.45, 2.75) is 0 Å². The minimum absolute atomic E-state index is 0.0722. The highest BCUT2D eigenvalue weighted by atomic mass is 16.6. The number of nitrogens with two attached hydrogens (primary N) is 1. The van der Waals surface area contributed by atoms with Crippen LogP contribution >= 0.6 is 0 Å². The summed E-state index contributed by atoms with van der Waals surface area (Å²) in [6.45, 7) is 0. The molecule has 9 nitrogen and oxygen atoms in total. The quantitative estimate of drug-likeness (QED) is 0.491. The summed E-state index contributed by atoms with van der Waals surface area (Å²) in [7, 11) is 0. The molecule has 2 aromatic carbocycles. The van der Waals surface area contributed by atoms with Crippen molar-refractivity contribution >= 4 is 17.1 Å². The van der Waals surface area contributed by atoms with Gasteiger partial charge in [0.2, 0.25) is 5.75 Å². The molecule has 21 heavy (non-hydrogen) atoms. The molecule has 0 saturated heterocycles. The summed E-state index contributed by atoms with van der Waals surface area (Å²) in [5, 5.41) is 21.8. The highest BCUT2D eigenvalue weighted by molar-refractivity contribution is 5.68. The second-order valence-electron chi connectivity index (χ2n) is 3.91. The van der Waals surface area contributed by atoms with E-state index in [1.165, 1.54) is 42.5 Å². The van der Waals surface area contributed by atoms with Gasteiger partial charge in [0.15, 0.2) is 0 Å². The maximum Gasteiger partial charge on any atom is 0.335 e. The summed E-state index contributed by atoms with van der Waals surface area (Å²) in [6, 6.07) is 9.64. The van der Waals surface area contributed by atoms with Crippen molar-refractivity contribution in [1.29, 1.82) is 0 Å². The number of nitro benzene ring substituents is 2. The van der Waals surface area contributed by atoms with Gasteiger partial charge < -0.3 is 10.2 Å². The molecule has 0 radical (unpaired) electrons. The number of non-ortho nitro benzene ring substituents is 1. The molecule has 2 aromatic rings. The smallest absolute Gasteiger partial charge is 0.335 e. The fourth-order valence-electron chi connectivity index (χ4n) is 1.70. The first-order chi connectivity index (χ1) is 10.0. The summed E-state index contributed by atoms with van der Waals surface area (Å²) < 4.78 is 5.36. The van der Waals surface area contributed by atoms with Crippen LogP contribution in [0.5, 0.6) is 11.5 Å². The first kappa shape index (κ1) is 14.2. The molecule has 0 spiro atoms. The molecule has 108 valence electrons. The lowest BCUT2D eigenvalue weighted by molar-refractivity contribution is -0.385. The van der Waals surface area contributed by atoms with Gasteiger partial charge in [0.05, 0.1) is 15.9 Å². The predicted molar refractivity (Wildman–Crippen MR) is 74.1 cm³/mol. The Morgan fingerprint density at radius 3 is 2.38 bits per heavy atom. The fraction of sp³-hybridized carbons (Fsp3) is 0. The maximum atomic E-state index is 11.1. The lowest BCUT2D eigenvalue weighted by Gasteiger charge is -2.08. The van der Waals surface area contributed by atoms with Crippen LogP contribution in [-0.2, 0) is 0 Å². The Kier molecular flexibility index (Phi) is 3.95. The Labute approximate surface area is 118 Å². The largest absolute Gasteiger partial charge is 0.450 e. The van der Waals surface area contributed by atoms with Crippen LogP contribution in [0.25, 0.3) is 0 Å². The topological polar surface area (TPSA) is 134 Å². The van der Waals surface area contributed by atoms with Crippen molar-refractivity contribution in [1.82, 2.24) is 0 Å². The van der Waals surface area contributed by atoms with Crippen molar-refractivity contribution in [3.05, 3.63) is 62.7 Å². The molecule has 0 unspecified atom stereocenters. The third-order valence-electron chi connectivity index (χ3n) is 2.59. The maximum absolute atomic E-state index is 11.1. The molecular weight excluding hydrogens is 280 g/mol. The van der Waals surface area contributed by atoms with E-state index in [0.717, 1.165) is 0 Å². The zero-order chi connectivity index (χ0) is 15.4. The Morgan fingerprint density at radius 1 is 1.05 bits per heavy atom. The standard InChI is InChI=1S/C12H10N4O5/c13-14-10-5-2-6-11(12(10)16(19)20)21-9-4-1-3-8(7-9)15(17)18/h1-7,14H,13H2. The van der Waals surface area contributed by atoms with E-state index in [9.17, 15) is 20.2 Å². The van der Waals surface area contributed by atoms with Gasteiger partial charge in [0.1, 0.15) is 11.4 Å². The lowest BCUT2D eigenvalue weighted by atomic mass is 10.2. The summed E-state index contributed by atoms with van der Waals surface area (Å²) in [6.07, 6.45) is 0. The molecule has 0 fully saturated rings. The number of hydrogen-bond acceptors (Lipinski definition) is 7. The number of nitrogens with one attached hydrogen (secondary N) is 1. The van der Waals surface area contributed by atoms with Gasteiger partial charge >= 0.3 is 5.69 Å². The number of anilines is 1. The van der Waals surface area contributed by atoms with E-state index in [-0.39, 0.29) is 28.6 Å². The van der Waals surface area contributed by atoms with E-state index < -0.39 is 9.85 Å². The molecule has 3 N–H and O–H groups in total. The van der Waals surface area contributed by atoms with E-state index in [4.69, 9.17) is 10.6 Å². The molecule has 0 heterocycles. The molecule has 0 aliphatic carbocycles. The number of hydrazine groups is 1. The van der Waals surface area contributed by atoms with Crippen LogP contribution in [-0.4, -0.2) is 9.85 Å². The van der Waals surface area contributed by atoms with Crippen molar-refractivity contribution in [3.63, 3.8) is 0 Å². The first-order valence-corrected chi connectivity index (χ1v) is 5.69. The minimum atomic E-state index is -0.651. The summed E-state index contributed by atoms with van der Waals surface area (Å²) in [5.74, 6) is 5.25. The van der Waals surface area contributed by atoms with Gasteiger partial charge in [-0.2, -0.15) is 0 Å². The van der Waals surface area contributed by atoms with Gasteiger partial charge in [0, 0.05) is 6.07 Å². The Morgan fingerprint density at radius 2 is 1.76 bits per heavy atom. The Bertz CT molecular complexity index is 704. The van der Waals surface area contributed by atoms with Gasteiger partial charge in [-0.25, -0.2) is 0 Å². The summed E-state index contributed by atoms with van der Waals surface area (Å²) >= 11 is 0. The average Bonchev–Trinajstić information content (AvgIpc) is 2.46. The van der Waals surface area contributed by atoms with Crippen LogP contribution in [0.4, 0.5) is 17.1 Å². The van der Waals surface area contributed by atoms with Crippen LogP contribution in [0.15, 0.2) is 42.5 Å². The Hall–Kier alpha value is -3.20. The second-order valence-corrected chi connectivity index (χ2v) is 3.91. The number of rotatable bonds is 5. The number of nitro groups is 2. The van der Waals surface area contributed by atoms with Crippen molar-refractivity contribution < 1.29 is 14.6 Å². The molecule has 0 aliphatic rings. The zero-order valence-electron chi connectivity index (χ0n) is 10.6. The van der Waals surface area contributed by atoms with Crippen LogP contribution in [0.3, 0.4) is 0 Å². The number of benzene rings is 2. The number of hydrogen-bond donors (Lipinski definition) is 2. The van der Waals surface area contributed by atoms with E-state index >= 15 is 0 Å². The van der Waals surface area contributed by atoms with Crippen LogP contribution in [0.2, 0.25) is 0 Å². The van der Waals surface area contributed by atoms with Gasteiger partial charge in [-0.05, 0) is 18.2 Å². The molecule has 0 atom stereocenters. The molecule has 0 aromatic heterocycles. The number of ether oxygens (including phenoxy) is 1. The second kappa shape index (κ2) is 5.84. The highest BCUT2D eigenvalue weighted by Crippen LogP contribution is 2.37. The molecular formula is C12H10N4O5. The third-order valence-corrected chi connectivity index (χ3v) is 2.59. The summed E-state index contributed by atoms with van der Waals surface area (Å²) in [5.41, 5.74) is 1.74. The monoisotopic (exact) mass is 290 g/mol. The van der Waals surface area contributed by atoms with Crippen LogP contribution < -0.4 is 16.0 Å². The molecule has 0 bridgehead atoms. The van der Waals surface area contributed by atoms with Gasteiger partial charge in [-0.3, -0.25) is 26.1 Å². The molecule has 9 heteroatoms. The SMILES string of the molecule is NNc1cccc(Oc2cccc([N+](=O)[O-])c2)c1[N+](=O)[O-]. The fourth-order valence-corrected chi connectivity index (χ4v) is 1.70. The number of para-hydroxylation sites is 1. The average molecular weight is 290 g/mol. The minimum Gasteiger partial charge on any atom is -0.450 e.